The third-order valence-electron chi connectivity index (χ3n) is 4.19. The number of fused-ring (bicyclic) bond motifs is 1. The van der Waals surface area contributed by atoms with Gasteiger partial charge < -0.3 is 0 Å². The minimum Gasteiger partial charge on any atom is -0.295 e. The largest absolute Gasteiger partial charge is 0.389 e. The van der Waals surface area contributed by atoms with Gasteiger partial charge in [0.1, 0.15) is 6.07 Å². The van der Waals surface area contributed by atoms with Crippen molar-refractivity contribution >= 4 is 11.0 Å². The van der Waals surface area contributed by atoms with Gasteiger partial charge in [0.25, 0.3) is 0 Å². The van der Waals surface area contributed by atoms with Crippen molar-refractivity contribution in [1.29, 1.82) is 5.26 Å². The zero-order valence-electron chi connectivity index (χ0n) is 13.9. The van der Waals surface area contributed by atoms with Crippen LogP contribution < -0.4 is 5.69 Å². The van der Waals surface area contributed by atoms with Gasteiger partial charge in [-0.15, -0.1) is 0 Å². The van der Waals surface area contributed by atoms with Crippen LogP contribution in [-0.4, -0.2) is 20.3 Å². The zero-order chi connectivity index (χ0) is 18.9. The summed E-state index contributed by atoms with van der Waals surface area (Å²) in [5, 5.41) is 8.99. The van der Waals surface area contributed by atoms with Crippen LogP contribution in [0.15, 0.2) is 41.5 Å². The predicted molar refractivity (Wildman–Crippen MR) is 90.4 cm³/mol. The number of hydrogen-bond acceptors (Lipinski definition) is 3. The van der Waals surface area contributed by atoms with Crippen molar-refractivity contribution in [3.8, 4) is 17.2 Å². The summed E-state index contributed by atoms with van der Waals surface area (Å²) in [6.45, 7) is 0.000499. The lowest BCUT2D eigenvalue weighted by atomic mass is 10.1. The van der Waals surface area contributed by atoms with Gasteiger partial charge in [0.2, 0.25) is 0 Å². The lowest BCUT2D eigenvalue weighted by molar-refractivity contribution is -0.135. The monoisotopic (exact) mass is 360 g/mol. The van der Waals surface area contributed by atoms with Crippen LogP contribution in [0.3, 0.4) is 0 Å². The Morgan fingerprint density at radius 3 is 2.62 bits per heavy atom. The van der Waals surface area contributed by atoms with E-state index < -0.39 is 12.6 Å². The van der Waals surface area contributed by atoms with Crippen molar-refractivity contribution < 1.29 is 13.2 Å². The summed E-state index contributed by atoms with van der Waals surface area (Å²) in [6.07, 6.45) is -2.26. The van der Waals surface area contributed by atoms with Crippen molar-refractivity contribution in [3.05, 3.63) is 52.7 Å². The van der Waals surface area contributed by atoms with Crippen LogP contribution in [0.4, 0.5) is 13.2 Å². The standard InChI is InChI=1S/C18H15F3N4O/c1-24-16-8-13(14-7-12(9-22)10-23-11-14)3-4-15(16)25(17(24)26)6-2-5-18(19,20)21/h3-4,7-8,10-11H,2,5-6H2,1H3. The molecule has 3 rings (SSSR count). The van der Waals surface area contributed by atoms with Gasteiger partial charge in [-0.1, -0.05) is 6.07 Å². The summed E-state index contributed by atoms with van der Waals surface area (Å²) >= 11 is 0. The smallest absolute Gasteiger partial charge is 0.295 e. The van der Waals surface area contributed by atoms with Crippen molar-refractivity contribution in [2.24, 2.45) is 7.05 Å². The molecule has 0 amide bonds. The molecule has 5 nitrogen and oxygen atoms in total. The summed E-state index contributed by atoms with van der Waals surface area (Å²) in [6, 6.07) is 8.95. The highest BCUT2D eigenvalue weighted by Gasteiger charge is 2.26. The fourth-order valence-electron chi connectivity index (χ4n) is 2.90. The minimum absolute atomic E-state index is 0.000499. The number of aryl methyl sites for hydroxylation is 2. The Kier molecular flexibility index (Phi) is 4.55. The van der Waals surface area contributed by atoms with Crippen LogP contribution in [0.5, 0.6) is 0 Å². The molecule has 0 saturated heterocycles. The average molecular weight is 360 g/mol. The lowest BCUT2D eigenvalue weighted by Crippen LogP contribution is -2.23. The molecule has 0 atom stereocenters. The fourth-order valence-corrected chi connectivity index (χ4v) is 2.90. The molecule has 2 aromatic heterocycles. The molecule has 8 heteroatoms. The lowest BCUT2D eigenvalue weighted by Gasteiger charge is -2.07. The van der Waals surface area contributed by atoms with E-state index >= 15 is 0 Å². The van der Waals surface area contributed by atoms with Gasteiger partial charge in [-0.2, -0.15) is 18.4 Å². The van der Waals surface area contributed by atoms with Crippen molar-refractivity contribution in [2.75, 3.05) is 0 Å². The molecule has 0 spiro atoms. The Labute approximate surface area is 146 Å². The second-order valence-electron chi connectivity index (χ2n) is 5.99. The van der Waals surface area contributed by atoms with Gasteiger partial charge in [0.05, 0.1) is 16.6 Å². The van der Waals surface area contributed by atoms with E-state index in [1.165, 1.54) is 15.3 Å². The molecule has 0 saturated carbocycles. The van der Waals surface area contributed by atoms with Gasteiger partial charge in [0, 0.05) is 38.0 Å². The third-order valence-corrected chi connectivity index (χ3v) is 4.19. The van der Waals surface area contributed by atoms with Gasteiger partial charge >= 0.3 is 11.9 Å². The summed E-state index contributed by atoms with van der Waals surface area (Å²) in [5.74, 6) is 0. The second kappa shape index (κ2) is 6.67. The van der Waals surface area contributed by atoms with E-state index in [-0.39, 0.29) is 18.7 Å². The maximum absolute atomic E-state index is 12.4. The Balaban J connectivity index is 1.99. The first kappa shape index (κ1) is 17.7. The van der Waals surface area contributed by atoms with Crippen molar-refractivity contribution in [1.82, 2.24) is 14.1 Å². The Bertz CT molecular complexity index is 1060. The van der Waals surface area contributed by atoms with E-state index in [0.29, 0.717) is 16.6 Å². The molecule has 0 aliphatic heterocycles. The number of alkyl halides is 3. The summed E-state index contributed by atoms with van der Waals surface area (Å²) in [4.78, 5) is 16.4. The van der Waals surface area contributed by atoms with Gasteiger partial charge in [-0.05, 0) is 30.2 Å². The Morgan fingerprint density at radius 2 is 1.92 bits per heavy atom. The summed E-state index contributed by atoms with van der Waals surface area (Å²) in [7, 11) is 1.58. The number of pyridine rings is 1. The Morgan fingerprint density at radius 1 is 1.15 bits per heavy atom. The van der Waals surface area contributed by atoms with Crippen LogP contribution in [0, 0.1) is 11.3 Å². The SMILES string of the molecule is Cn1c(=O)n(CCCC(F)(F)F)c2ccc(-c3cncc(C#N)c3)cc21. The van der Waals surface area contributed by atoms with Crippen LogP contribution in [0.25, 0.3) is 22.2 Å². The third kappa shape index (κ3) is 3.47. The number of halogens is 3. The number of aromatic nitrogens is 3. The van der Waals surface area contributed by atoms with Gasteiger partial charge in [0.15, 0.2) is 0 Å². The van der Waals surface area contributed by atoms with E-state index in [0.717, 1.165) is 11.1 Å². The normalized spacial score (nSPS) is 11.7. The quantitative estimate of drug-likeness (QED) is 0.714. The summed E-state index contributed by atoms with van der Waals surface area (Å²) in [5.41, 5.74) is 2.74. The number of rotatable bonds is 4. The first-order valence-electron chi connectivity index (χ1n) is 7.92. The molecular weight excluding hydrogens is 345 g/mol. The molecule has 0 aliphatic rings. The highest BCUT2D eigenvalue weighted by molar-refractivity contribution is 5.82. The average Bonchev–Trinajstić information content (AvgIpc) is 2.85. The molecule has 1 aromatic carbocycles. The molecular formula is C18H15F3N4O. The van der Waals surface area contributed by atoms with E-state index in [1.54, 1.807) is 37.5 Å². The van der Waals surface area contributed by atoms with Crippen molar-refractivity contribution in [3.63, 3.8) is 0 Å². The number of imidazole rings is 1. The molecule has 134 valence electrons. The second-order valence-corrected chi connectivity index (χ2v) is 5.99. The van der Waals surface area contributed by atoms with Crippen molar-refractivity contribution in [2.45, 2.75) is 25.6 Å². The van der Waals surface area contributed by atoms with Gasteiger partial charge in [-0.3, -0.25) is 14.1 Å². The van der Waals surface area contributed by atoms with E-state index in [1.807, 2.05) is 6.07 Å². The molecule has 0 fully saturated rings. The molecule has 0 N–H and O–H groups in total. The zero-order valence-corrected chi connectivity index (χ0v) is 13.9. The highest BCUT2D eigenvalue weighted by atomic mass is 19.4. The number of nitrogens with zero attached hydrogens (tertiary/aromatic N) is 4. The molecule has 0 aliphatic carbocycles. The molecule has 2 heterocycles. The van der Waals surface area contributed by atoms with Crippen LogP contribution in [-0.2, 0) is 13.6 Å². The molecule has 26 heavy (non-hydrogen) atoms. The van der Waals surface area contributed by atoms with Crippen LogP contribution >= 0.6 is 0 Å². The molecule has 0 bridgehead atoms. The number of hydrogen-bond donors (Lipinski definition) is 0. The molecule has 3 aromatic rings. The first-order chi connectivity index (χ1) is 12.3. The topological polar surface area (TPSA) is 63.6 Å². The van der Waals surface area contributed by atoms with E-state index in [9.17, 15) is 18.0 Å². The first-order valence-corrected chi connectivity index (χ1v) is 7.92. The summed E-state index contributed by atoms with van der Waals surface area (Å²) < 4.78 is 39.8. The highest BCUT2D eigenvalue weighted by Crippen LogP contribution is 2.25. The van der Waals surface area contributed by atoms with E-state index in [2.05, 4.69) is 4.98 Å². The Hall–Kier alpha value is -3.08. The predicted octanol–water partition coefficient (Wildman–Crippen LogP) is 3.62. The maximum Gasteiger partial charge on any atom is 0.389 e. The molecule has 0 unspecified atom stereocenters. The number of nitriles is 1. The van der Waals surface area contributed by atoms with Gasteiger partial charge in [-0.25, -0.2) is 4.79 Å². The number of benzene rings is 1. The molecule has 0 radical (unpaired) electrons. The van der Waals surface area contributed by atoms with Crippen LogP contribution in [0.1, 0.15) is 18.4 Å². The van der Waals surface area contributed by atoms with Crippen LogP contribution in [0.2, 0.25) is 0 Å². The maximum atomic E-state index is 12.4. The minimum atomic E-state index is -4.24. The fraction of sp³-hybridized carbons (Fsp3) is 0.278. The van der Waals surface area contributed by atoms with E-state index in [4.69, 9.17) is 5.26 Å².